The van der Waals surface area contributed by atoms with Crippen molar-refractivity contribution in [1.29, 1.82) is 0 Å². The van der Waals surface area contributed by atoms with Crippen LogP contribution in [0.4, 0.5) is 0 Å². The van der Waals surface area contributed by atoms with Gasteiger partial charge in [0.05, 0.1) is 12.3 Å². The molecule has 72 valence electrons. The van der Waals surface area contributed by atoms with E-state index in [1.165, 1.54) is 36.3 Å². The van der Waals surface area contributed by atoms with Crippen LogP contribution in [0.3, 0.4) is 0 Å². The monoisotopic (exact) mass is 197 g/mol. The highest BCUT2D eigenvalue weighted by Crippen LogP contribution is 2.36. The molecule has 0 amide bonds. The van der Waals surface area contributed by atoms with Gasteiger partial charge in [-0.2, -0.15) is 0 Å². The van der Waals surface area contributed by atoms with E-state index in [4.69, 9.17) is 5.11 Å². The zero-order valence-corrected chi connectivity index (χ0v) is 8.73. The molecule has 1 aliphatic carbocycles. The summed E-state index contributed by atoms with van der Waals surface area (Å²) < 4.78 is 0. The third-order valence-corrected chi connectivity index (χ3v) is 3.73. The highest BCUT2D eigenvalue weighted by atomic mass is 32.1. The first-order valence-corrected chi connectivity index (χ1v) is 5.70. The van der Waals surface area contributed by atoms with E-state index in [9.17, 15) is 0 Å². The van der Waals surface area contributed by atoms with Gasteiger partial charge in [0.1, 0.15) is 5.01 Å². The van der Waals surface area contributed by atoms with Crippen LogP contribution in [-0.2, 0) is 6.61 Å². The molecule has 3 heteroatoms. The quantitative estimate of drug-likeness (QED) is 0.790. The van der Waals surface area contributed by atoms with E-state index in [-0.39, 0.29) is 6.61 Å². The number of hydrogen-bond donors (Lipinski definition) is 1. The molecule has 1 aromatic heterocycles. The van der Waals surface area contributed by atoms with E-state index in [1.807, 2.05) is 0 Å². The Balaban J connectivity index is 2.22. The Kier molecular flexibility index (Phi) is 2.65. The van der Waals surface area contributed by atoms with E-state index in [0.29, 0.717) is 5.92 Å². The topological polar surface area (TPSA) is 33.1 Å². The molecule has 1 aliphatic rings. The second-order valence-corrected chi connectivity index (χ2v) is 4.98. The smallest absolute Gasteiger partial charge is 0.119 e. The number of aliphatic hydroxyl groups is 1. The molecule has 1 N–H and O–H groups in total. The van der Waals surface area contributed by atoms with Crippen molar-refractivity contribution in [2.24, 2.45) is 0 Å². The van der Waals surface area contributed by atoms with Crippen molar-refractivity contribution in [3.8, 4) is 0 Å². The summed E-state index contributed by atoms with van der Waals surface area (Å²) in [7, 11) is 0. The molecule has 1 fully saturated rings. The minimum Gasteiger partial charge on any atom is -0.389 e. The fraction of sp³-hybridized carbons (Fsp3) is 0.700. The number of aromatic nitrogens is 1. The molecule has 0 saturated heterocycles. The lowest BCUT2D eigenvalue weighted by atomic mass is 10.0. The average Bonchev–Trinajstić information content (AvgIpc) is 2.72. The maximum atomic E-state index is 8.97. The molecule has 2 rings (SSSR count). The van der Waals surface area contributed by atoms with Crippen LogP contribution >= 0.6 is 11.3 Å². The lowest BCUT2D eigenvalue weighted by Crippen LogP contribution is -1.95. The van der Waals surface area contributed by atoms with Crippen LogP contribution in [-0.4, -0.2) is 10.1 Å². The molecule has 0 atom stereocenters. The van der Waals surface area contributed by atoms with Gasteiger partial charge in [-0.25, -0.2) is 4.98 Å². The molecule has 0 aromatic carbocycles. The van der Waals surface area contributed by atoms with E-state index in [1.54, 1.807) is 11.3 Å². The first kappa shape index (κ1) is 9.16. The molecular formula is C10H15NOS. The Bertz CT molecular complexity index is 289. The molecule has 1 aromatic rings. The standard InChI is InChI=1S/C10H15NOS/c1-7-10(8-4-2-3-5-8)11-9(6-12)13-7/h8,12H,2-6H2,1H3. The van der Waals surface area contributed by atoms with Gasteiger partial charge in [-0.15, -0.1) is 11.3 Å². The molecule has 0 bridgehead atoms. The van der Waals surface area contributed by atoms with Gasteiger partial charge < -0.3 is 5.11 Å². The molecule has 0 aliphatic heterocycles. The molecule has 0 unspecified atom stereocenters. The van der Waals surface area contributed by atoms with Gasteiger partial charge in [0.15, 0.2) is 0 Å². The lowest BCUT2D eigenvalue weighted by Gasteiger charge is -2.05. The second-order valence-electron chi connectivity index (χ2n) is 3.69. The highest BCUT2D eigenvalue weighted by Gasteiger charge is 2.21. The zero-order valence-electron chi connectivity index (χ0n) is 7.92. The predicted molar refractivity (Wildman–Crippen MR) is 54.0 cm³/mol. The Morgan fingerprint density at radius 2 is 2.15 bits per heavy atom. The normalized spacial score (nSPS) is 18.3. The molecule has 1 heterocycles. The van der Waals surface area contributed by atoms with Crippen molar-refractivity contribution in [3.63, 3.8) is 0 Å². The SMILES string of the molecule is Cc1sc(CO)nc1C1CCCC1. The maximum Gasteiger partial charge on any atom is 0.119 e. The summed E-state index contributed by atoms with van der Waals surface area (Å²) in [4.78, 5) is 5.78. The van der Waals surface area contributed by atoms with Gasteiger partial charge in [0, 0.05) is 10.8 Å². The Labute approximate surface area is 82.6 Å². The van der Waals surface area contributed by atoms with Gasteiger partial charge in [-0.1, -0.05) is 12.8 Å². The Hall–Kier alpha value is -0.410. The summed E-state index contributed by atoms with van der Waals surface area (Å²) in [6.45, 7) is 2.21. The van der Waals surface area contributed by atoms with Crippen LogP contribution in [0.5, 0.6) is 0 Å². The van der Waals surface area contributed by atoms with E-state index >= 15 is 0 Å². The largest absolute Gasteiger partial charge is 0.389 e. The average molecular weight is 197 g/mol. The fourth-order valence-electron chi connectivity index (χ4n) is 2.11. The minimum atomic E-state index is 0.0955. The van der Waals surface area contributed by atoms with Gasteiger partial charge in [0.25, 0.3) is 0 Å². The predicted octanol–water partition coefficient (Wildman–Crippen LogP) is 2.60. The molecule has 2 nitrogen and oxygen atoms in total. The first-order chi connectivity index (χ1) is 6.31. The number of thiazole rings is 1. The van der Waals surface area contributed by atoms with Gasteiger partial charge in [-0.3, -0.25) is 0 Å². The van der Waals surface area contributed by atoms with Crippen LogP contribution in [0.15, 0.2) is 0 Å². The van der Waals surface area contributed by atoms with Crippen molar-refractivity contribution in [1.82, 2.24) is 4.98 Å². The molecule has 0 spiro atoms. The Morgan fingerprint density at radius 1 is 1.46 bits per heavy atom. The molecule has 1 saturated carbocycles. The summed E-state index contributed by atoms with van der Waals surface area (Å²) >= 11 is 1.64. The van der Waals surface area contributed by atoms with E-state index in [0.717, 1.165) is 5.01 Å². The van der Waals surface area contributed by atoms with E-state index in [2.05, 4.69) is 11.9 Å². The van der Waals surface area contributed by atoms with Crippen molar-refractivity contribution in [2.45, 2.75) is 45.1 Å². The van der Waals surface area contributed by atoms with Crippen molar-refractivity contribution in [2.75, 3.05) is 0 Å². The van der Waals surface area contributed by atoms with Crippen LogP contribution in [0.2, 0.25) is 0 Å². The molecule has 13 heavy (non-hydrogen) atoms. The number of nitrogens with zero attached hydrogens (tertiary/aromatic N) is 1. The minimum absolute atomic E-state index is 0.0955. The van der Waals surface area contributed by atoms with Crippen LogP contribution in [0.1, 0.15) is 47.2 Å². The zero-order chi connectivity index (χ0) is 9.26. The van der Waals surface area contributed by atoms with E-state index < -0.39 is 0 Å². The summed E-state index contributed by atoms with van der Waals surface area (Å²) in [5, 5.41) is 9.84. The van der Waals surface area contributed by atoms with Crippen molar-refractivity contribution < 1.29 is 5.11 Å². The summed E-state index contributed by atoms with van der Waals surface area (Å²) in [6.07, 6.45) is 5.26. The maximum absolute atomic E-state index is 8.97. The highest BCUT2D eigenvalue weighted by molar-refractivity contribution is 7.11. The van der Waals surface area contributed by atoms with Gasteiger partial charge in [-0.05, 0) is 19.8 Å². The van der Waals surface area contributed by atoms with Gasteiger partial charge >= 0.3 is 0 Å². The van der Waals surface area contributed by atoms with Gasteiger partial charge in [0.2, 0.25) is 0 Å². The fourth-order valence-corrected chi connectivity index (χ4v) is 2.99. The Morgan fingerprint density at radius 3 is 2.69 bits per heavy atom. The summed E-state index contributed by atoms with van der Waals surface area (Å²) in [5.74, 6) is 0.677. The van der Waals surface area contributed by atoms with Crippen molar-refractivity contribution in [3.05, 3.63) is 15.6 Å². The number of hydrogen-bond acceptors (Lipinski definition) is 3. The summed E-state index contributed by atoms with van der Waals surface area (Å²) in [6, 6.07) is 0. The van der Waals surface area contributed by atoms with Crippen molar-refractivity contribution >= 4 is 11.3 Å². The molecule has 0 radical (unpaired) electrons. The third kappa shape index (κ3) is 1.76. The third-order valence-electron chi connectivity index (χ3n) is 2.75. The van der Waals surface area contributed by atoms with Crippen LogP contribution < -0.4 is 0 Å². The molecular weight excluding hydrogens is 182 g/mol. The first-order valence-electron chi connectivity index (χ1n) is 4.88. The van der Waals surface area contributed by atoms with Crippen LogP contribution in [0.25, 0.3) is 0 Å². The number of aliphatic hydroxyl groups excluding tert-OH is 1. The second kappa shape index (κ2) is 3.76. The number of rotatable bonds is 2. The number of aryl methyl sites for hydroxylation is 1. The van der Waals surface area contributed by atoms with Crippen LogP contribution in [0, 0.1) is 6.92 Å². The lowest BCUT2D eigenvalue weighted by molar-refractivity contribution is 0.281. The summed E-state index contributed by atoms with van der Waals surface area (Å²) in [5.41, 5.74) is 1.26.